The first kappa shape index (κ1) is 18.2. The van der Waals surface area contributed by atoms with Gasteiger partial charge in [-0.2, -0.15) is 0 Å². The Kier molecular flexibility index (Phi) is 6.09. The lowest BCUT2D eigenvalue weighted by molar-refractivity contribution is 0.806. The monoisotopic (exact) mass is 388 g/mol. The molecule has 2 N–H and O–H groups in total. The lowest BCUT2D eigenvalue weighted by atomic mass is 10.2. The van der Waals surface area contributed by atoms with Crippen LogP contribution in [0.3, 0.4) is 0 Å². The number of imidazole rings is 1. The zero-order valence-corrected chi connectivity index (χ0v) is 15.7. The molecule has 26 heavy (non-hydrogen) atoms. The minimum Gasteiger partial charge on any atom is -0.352 e. The molecule has 0 fully saturated rings. The lowest BCUT2D eigenvalue weighted by Crippen LogP contribution is -2.36. The summed E-state index contributed by atoms with van der Waals surface area (Å²) in [6.07, 6.45) is 7.07. The average molecular weight is 389 g/mol. The van der Waals surface area contributed by atoms with Gasteiger partial charge in [0.2, 0.25) is 0 Å². The van der Waals surface area contributed by atoms with Crippen LogP contribution in [0.15, 0.2) is 60.2 Å². The van der Waals surface area contributed by atoms with E-state index in [0.29, 0.717) is 29.1 Å². The molecule has 0 aliphatic heterocycles. The number of pyridine rings is 1. The van der Waals surface area contributed by atoms with Gasteiger partial charge in [-0.1, -0.05) is 29.3 Å². The van der Waals surface area contributed by atoms with Crippen LogP contribution in [0.1, 0.15) is 11.1 Å². The molecule has 0 aliphatic carbocycles. The maximum atomic E-state index is 6.20. The van der Waals surface area contributed by atoms with Gasteiger partial charge in [-0.05, 0) is 35.4 Å². The number of nitrogens with zero attached hydrogens (tertiary/aromatic N) is 4. The molecule has 0 atom stereocenters. The molecule has 3 aromatic rings. The first-order valence-electron chi connectivity index (χ1n) is 7.97. The largest absolute Gasteiger partial charge is 0.352 e. The lowest BCUT2D eigenvalue weighted by Gasteiger charge is -2.13. The van der Waals surface area contributed by atoms with E-state index in [1.165, 1.54) is 0 Å². The summed E-state index contributed by atoms with van der Waals surface area (Å²) >= 11 is 12.1. The van der Waals surface area contributed by atoms with E-state index in [9.17, 15) is 0 Å². The van der Waals surface area contributed by atoms with E-state index < -0.39 is 0 Å². The summed E-state index contributed by atoms with van der Waals surface area (Å²) in [5.41, 5.74) is 2.03. The van der Waals surface area contributed by atoms with E-state index in [1.807, 2.05) is 35.0 Å². The molecule has 2 heterocycles. The molecule has 0 radical (unpaired) electrons. The Hall–Kier alpha value is -2.57. The fourth-order valence-corrected chi connectivity index (χ4v) is 2.83. The van der Waals surface area contributed by atoms with Gasteiger partial charge in [0.15, 0.2) is 5.96 Å². The number of aromatic nitrogens is 3. The molecule has 0 saturated heterocycles. The predicted octanol–water partition coefficient (Wildman–Crippen LogP) is 3.44. The van der Waals surface area contributed by atoms with Crippen molar-refractivity contribution in [2.75, 3.05) is 7.05 Å². The van der Waals surface area contributed by atoms with E-state index in [-0.39, 0.29) is 0 Å². The molecule has 2 aromatic heterocycles. The summed E-state index contributed by atoms with van der Waals surface area (Å²) in [6, 6.07) is 9.39. The Balaban J connectivity index is 1.58. The molecule has 0 saturated carbocycles. The van der Waals surface area contributed by atoms with Crippen molar-refractivity contribution in [1.82, 2.24) is 25.2 Å². The minimum atomic E-state index is 0.548. The standard InChI is InChI=1S/C18H18Cl2N6/c1-21-18(25-11-14-2-3-15(19)9-16(14)20)24-10-13-4-5-23-17(8-13)26-7-6-22-12-26/h2-9,12H,10-11H2,1H3,(H2,21,24,25). The van der Waals surface area contributed by atoms with Crippen LogP contribution in [-0.4, -0.2) is 27.5 Å². The van der Waals surface area contributed by atoms with E-state index in [1.54, 1.807) is 31.8 Å². The van der Waals surface area contributed by atoms with Gasteiger partial charge in [0, 0.05) is 48.8 Å². The van der Waals surface area contributed by atoms with Crippen LogP contribution in [0.25, 0.3) is 5.82 Å². The third kappa shape index (κ3) is 4.74. The van der Waals surface area contributed by atoms with Gasteiger partial charge in [-0.3, -0.25) is 9.56 Å². The average Bonchev–Trinajstić information content (AvgIpc) is 3.18. The Labute approximate surface area is 161 Å². The molecule has 0 amide bonds. The third-order valence-corrected chi connectivity index (χ3v) is 4.31. The van der Waals surface area contributed by atoms with Crippen molar-refractivity contribution in [3.63, 3.8) is 0 Å². The number of hydrogen-bond acceptors (Lipinski definition) is 3. The molecular weight excluding hydrogens is 371 g/mol. The van der Waals surface area contributed by atoms with Crippen LogP contribution >= 0.6 is 23.2 Å². The molecule has 0 bridgehead atoms. The van der Waals surface area contributed by atoms with Crippen molar-refractivity contribution in [3.05, 3.63) is 76.4 Å². The van der Waals surface area contributed by atoms with E-state index in [2.05, 4.69) is 25.6 Å². The molecule has 0 aliphatic rings. The fourth-order valence-electron chi connectivity index (χ4n) is 2.36. The summed E-state index contributed by atoms with van der Waals surface area (Å²) in [5, 5.41) is 7.76. The van der Waals surface area contributed by atoms with Crippen molar-refractivity contribution in [2.45, 2.75) is 13.1 Å². The summed E-state index contributed by atoms with van der Waals surface area (Å²) < 4.78 is 1.86. The van der Waals surface area contributed by atoms with Gasteiger partial charge in [-0.15, -0.1) is 0 Å². The second-order valence-electron chi connectivity index (χ2n) is 5.51. The second-order valence-corrected chi connectivity index (χ2v) is 6.35. The summed E-state index contributed by atoms with van der Waals surface area (Å²) in [4.78, 5) is 12.6. The third-order valence-electron chi connectivity index (χ3n) is 3.72. The van der Waals surface area contributed by atoms with Crippen LogP contribution < -0.4 is 10.6 Å². The van der Waals surface area contributed by atoms with Crippen LogP contribution in [0.2, 0.25) is 10.0 Å². The van der Waals surface area contributed by atoms with E-state index in [4.69, 9.17) is 23.2 Å². The highest BCUT2D eigenvalue weighted by Gasteiger charge is 2.04. The molecule has 134 valence electrons. The fraction of sp³-hybridized carbons (Fsp3) is 0.167. The Morgan fingerprint density at radius 1 is 1.12 bits per heavy atom. The number of nitrogens with one attached hydrogen (secondary N) is 2. The molecular formula is C18H18Cl2N6. The van der Waals surface area contributed by atoms with E-state index in [0.717, 1.165) is 16.9 Å². The summed E-state index contributed by atoms with van der Waals surface area (Å²) in [6.45, 7) is 1.16. The van der Waals surface area contributed by atoms with Crippen molar-refractivity contribution >= 4 is 29.2 Å². The van der Waals surface area contributed by atoms with Gasteiger partial charge in [0.05, 0.1) is 0 Å². The van der Waals surface area contributed by atoms with Crippen molar-refractivity contribution in [2.24, 2.45) is 4.99 Å². The number of guanidine groups is 1. The number of halogens is 2. The zero-order valence-electron chi connectivity index (χ0n) is 14.2. The number of aliphatic imine (C=N–C) groups is 1. The predicted molar refractivity (Wildman–Crippen MR) is 105 cm³/mol. The first-order chi connectivity index (χ1) is 12.7. The first-order valence-corrected chi connectivity index (χ1v) is 8.73. The molecule has 6 nitrogen and oxygen atoms in total. The van der Waals surface area contributed by atoms with Crippen LogP contribution in [0, 0.1) is 0 Å². The van der Waals surface area contributed by atoms with Crippen LogP contribution in [-0.2, 0) is 13.1 Å². The normalized spacial score (nSPS) is 11.4. The molecule has 8 heteroatoms. The van der Waals surface area contributed by atoms with Gasteiger partial charge in [0.25, 0.3) is 0 Å². The highest BCUT2D eigenvalue weighted by atomic mass is 35.5. The topological polar surface area (TPSA) is 67.1 Å². The van der Waals surface area contributed by atoms with Gasteiger partial charge in [-0.25, -0.2) is 9.97 Å². The number of hydrogen-bond donors (Lipinski definition) is 2. The van der Waals surface area contributed by atoms with E-state index >= 15 is 0 Å². The van der Waals surface area contributed by atoms with Gasteiger partial charge >= 0.3 is 0 Å². The Bertz CT molecular complexity index is 892. The maximum Gasteiger partial charge on any atom is 0.191 e. The van der Waals surface area contributed by atoms with Gasteiger partial charge in [0.1, 0.15) is 12.1 Å². The minimum absolute atomic E-state index is 0.548. The highest BCUT2D eigenvalue weighted by Crippen LogP contribution is 2.20. The highest BCUT2D eigenvalue weighted by molar-refractivity contribution is 6.35. The quantitative estimate of drug-likeness (QED) is 0.518. The van der Waals surface area contributed by atoms with Crippen LogP contribution in [0.4, 0.5) is 0 Å². The van der Waals surface area contributed by atoms with Gasteiger partial charge < -0.3 is 10.6 Å². The number of rotatable bonds is 5. The molecule has 0 spiro atoms. The molecule has 0 unspecified atom stereocenters. The summed E-state index contributed by atoms with van der Waals surface area (Å²) in [7, 11) is 1.72. The van der Waals surface area contributed by atoms with Crippen molar-refractivity contribution in [3.8, 4) is 5.82 Å². The molecule has 1 aromatic carbocycles. The smallest absolute Gasteiger partial charge is 0.191 e. The zero-order chi connectivity index (χ0) is 18.4. The van der Waals surface area contributed by atoms with Crippen molar-refractivity contribution in [1.29, 1.82) is 0 Å². The Morgan fingerprint density at radius 2 is 1.96 bits per heavy atom. The summed E-state index contributed by atoms with van der Waals surface area (Å²) in [5.74, 6) is 1.50. The van der Waals surface area contributed by atoms with Crippen molar-refractivity contribution < 1.29 is 0 Å². The molecule has 3 rings (SSSR count). The van der Waals surface area contributed by atoms with Crippen LogP contribution in [0.5, 0.6) is 0 Å². The SMILES string of the molecule is CN=C(NCc1ccnc(-n2ccnc2)c1)NCc1ccc(Cl)cc1Cl. The Morgan fingerprint density at radius 3 is 2.69 bits per heavy atom. The maximum absolute atomic E-state index is 6.20. The second kappa shape index (κ2) is 8.69. The number of benzene rings is 1.